The molecule has 1 saturated heterocycles. The van der Waals surface area contributed by atoms with Crippen molar-refractivity contribution < 1.29 is 23.8 Å². The van der Waals surface area contributed by atoms with Gasteiger partial charge in [0, 0.05) is 26.8 Å². The molecule has 1 fully saturated rings. The van der Waals surface area contributed by atoms with Crippen LogP contribution in [0.1, 0.15) is 37.6 Å². The van der Waals surface area contributed by atoms with E-state index in [4.69, 9.17) is 25.8 Å². The fraction of sp³-hybridized carbons (Fsp3) is 0.409. The number of nitrogens with zero attached hydrogens (tertiary/aromatic N) is 4. The molecule has 0 amide bonds. The van der Waals surface area contributed by atoms with E-state index in [0.29, 0.717) is 29.9 Å². The molecule has 0 radical (unpaired) electrons. The van der Waals surface area contributed by atoms with Crippen molar-refractivity contribution in [1.82, 2.24) is 19.5 Å². The second-order valence-electron chi connectivity index (χ2n) is 7.84. The van der Waals surface area contributed by atoms with Gasteiger partial charge in [-0.2, -0.15) is 9.97 Å². The van der Waals surface area contributed by atoms with Crippen LogP contribution in [0, 0.1) is 6.92 Å². The highest BCUT2D eigenvalue weighted by molar-refractivity contribution is 6.28. The van der Waals surface area contributed by atoms with Crippen LogP contribution in [0.25, 0.3) is 11.2 Å². The Labute approximate surface area is 195 Å². The van der Waals surface area contributed by atoms with E-state index in [1.807, 2.05) is 25.1 Å². The summed E-state index contributed by atoms with van der Waals surface area (Å²) in [6.07, 6.45) is 0.127. The summed E-state index contributed by atoms with van der Waals surface area (Å²) in [5, 5.41) is 3.30. The lowest BCUT2D eigenvalue weighted by atomic mass is 10.1. The minimum Gasteiger partial charge on any atom is -0.463 e. The van der Waals surface area contributed by atoms with Crippen LogP contribution in [-0.4, -0.2) is 50.3 Å². The molecular weight excluding hydrogens is 450 g/mol. The van der Waals surface area contributed by atoms with Crippen molar-refractivity contribution in [2.24, 2.45) is 0 Å². The molecule has 3 atom stereocenters. The lowest BCUT2D eigenvalue weighted by Crippen LogP contribution is -2.24. The fourth-order valence-corrected chi connectivity index (χ4v) is 3.97. The van der Waals surface area contributed by atoms with E-state index in [2.05, 4.69) is 26.3 Å². The Morgan fingerprint density at radius 1 is 1.27 bits per heavy atom. The van der Waals surface area contributed by atoms with Crippen LogP contribution in [0.5, 0.6) is 0 Å². The number of rotatable bonds is 7. The summed E-state index contributed by atoms with van der Waals surface area (Å²) < 4.78 is 18.2. The Morgan fingerprint density at radius 2 is 2.09 bits per heavy atom. The van der Waals surface area contributed by atoms with E-state index < -0.39 is 30.4 Å². The number of aryl methyl sites for hydroxylation is 1. The number of hydrogen-bond donors (Lipinski definition) is 1. The van der Waals surface area contributed by atoms with E-state index in [1.165, 1.54) is 13.8 Å². The Hall–Kier alpha value is -3.24. The number of aromatic nitrogens is 4. The van der Waals surface area contributed by atoms with Crippen LogP contribution in [0.15, 0.2) is 30.6 Å². The van der Waals surface area contributed by atoms with Gasteiger partial charge in [-0.15, -0.1) is 0 Å². The molecule has 1 aromatic carbocycles. The van der Waals surface area contributed by atoms with E-state index in [9.17, 15) is 9.59 Å². The maximum atomic E-state index is 11.7. The number of anilines is 1. The highest BCUT2D eigenvalue weighted by Crippen LogP contribution is 2.34. The van der Waals surface area contributed by atoms with Crippen LogP contribution >= 0.6 is 11.6 Å². The number of carbonyl (C=O) groups is 2. The summed E-state index contributed by atoms with van der Waals surface area (Å²) in [5.74, 6) is -0.383. The monoisotopic (exact) mass is 473 g/mol. The molecule has 2 unspecified atom stereocenters. The standard InChI is InChI=1S/C22H24ClN5O5/c1-12-5-4-6-15(7-12)9-24-19-18-20(27-22(23)26-19)28(11-25-18)21-17(32-14(3)30)8-16(33-21)10-31-13(2)29/h4-7,11,16-17,21H,8-10H2,1-3H3,(H,24,26,27)/t16?,17-,21?/m1/s1. The normalized spacial score (nSPS) is 20.1. The third kappa shape index (κ3) is 5.40. The third-order valence-electron chi connectivity index (χ3n) is 5.15. The van der Waals surface area contributed by atoms with E-state index >= 15 is 0 Å². The van der Waals surface area contributed by atoms with Gasteiger partial charge in [0.15, 0.2) is 23.2 Å². The molecule has 0 saturated carbocycles. The number of ether oxygens (including phenoxy) is 3. The van der Waals surface area contributed by atoms with Crippen molar-refractivity contribution in [2.45, 2.75) is 52.2 Å². The van der Waals surface area contributed by atoms with Crippen LogP contribution in [-0.2, 0) is 30.3 Å². The van der Waals surface area contributed by atoms with Gasteiger partial charge in [-0.1, -0.05) is 29.8 Å². The number of fused-ring (bicyclic) bond motifs is 1. The van der Waals surface area contributed by atoms with Crippen LogP contribution in [0.4, 0.5) is 5.82 Å². The minimum absolute atomic E-state index is 0.0366. The summed E-state index contributed by atoms with van der Waals surface area (Å²) in [4.78, 5) is 35.9. The zero-order valence-corrected chi connectivity index (χ0v) is 19.2. The second-order valence-corrected chi connectivity index (χ2v) is 8.18. The maximum absolute atomic E-state index is 11.7. The van der Waals surface area contributed by atoms with Gasteiger partial charge in [-0.05, 0) is 24.1 Å². The lowest BCUT2D eigenvalue weighted by Gasteiger charge is -2.20. The largest absolute Gasteiger partial charge is 0.463 e. The summed E-state index contributed by atoms with van der Waals surface area (Å²) in [7, 11) is 0. The quantitative estimate of drug-likeness (QED) is 0.407. The molecule has 1 N–H and O–H groups in total. The molecule has 10 nitrogen and oxygen atoms in total. The molecule has 0 bridgehead atoms. The molecule has 174 valence electrons. The van der Waals surface area contributed by atoms with Crippen molar-refractivity contribution >= 4 is 40.5 Å². The van der Waals surface area contributed by atoms with Gasteiger partial charge in [-0.25, -0.2) is 4.98 Å². The van der Waals surface area contributed by atoms with Gasteiger partial charge in [0.2, 0.25) is 5.28 Å². The van der Waals surface area contributed by atoms with Crippen molar-refractivity contribution in [3.8, 4) is 0 Å². The van der Waals surface area contributed by atoms with E-state index in [0.717, 1.165) is 11.1 Å². The minimum atomic E-state index is -0.713. The molecule has 3 aromatic rings. The third-order valence-corrected chi connectivity index (χ3v) is 5.31. The zero-order valence-electron chi connectivity index (χ0n) is 18.4. The van der Waals surface area contributed by atoms with Crippen LogP contribution < -0.4 is 5.32 Å². The first-order valence-electron chi connectivity index (χ1n) is 10.5. The Kier molecular flexibility index (Phi) is 6.75. The predicted octanol–water partition coefficient (Wildman–Crippen LogP) is 3.18. The average molecular weight is 474 g/mol. The molecule has 0 aliphatic carbocycles. The number of esters is 2. The van der Waals surface area contributed by atoms with Crippen molar-refractivity contribution in [2.75, 3.05) is 11.9 Å². The van der Waals surface area contributed by atoms with Crippen LogP contribution in [0.2, 0.25) is 5.28 Å². The topological polar surface area (TPSA) is 117 Å². The van der Waals surface area contributed by atoms with Crippen molar-refractivity contribution in [3.63, 3.8) is 0 Å². The molecule has 1 aliphatic heterocycles. The summed E-state index contributed by atoms with van der Waals surface area (Å²) in [6, 6.07) is 8.10. The zero-order chi connectivity index (χ0) is 23.5. The number of nitrogens with one attached hydrogen (secondary N) is 1. The van der Waals surface area contributed by atoms with Gasteiger partial charge in [0.25, 0.3) is 0 Å². The SMILES string of the molecule is CC(=O)OCC1C[C@@H](OC(C)=O)C(n2cnc3c(NCc4cccc(C)c4)nc(Cl)nc32)O1. The van der Waals surface area contributed by atoms with Gasteiger partial charge in [0.05, 0.1) is 12.4 Å². The Morgan fingerprint density at radius 3 is 2.82 bits per heavy atom. The number of carbonyl (C=O) groups excluding carboxylic acids is 2. The van der Waals surface area contributed by atoms with E-state index in [1.54, 1.807) is 10.9 Å². The fourth-order valence-electron chi connectivity index (χ4n) is 3.81. The Bertz CT molecular complexity index is 1180. The predicted molar refractivity (Wildman–Crippen MR) is 120 cm³/mol. The first-order chi connectivity index (χ1) is 15.8. The summed E-state index contributed by atoms with van der Waals surface area (Å²) in [6.45, 7) is 5.26. The summed E-state index contributed by atoms with van der Waals surface area (Å²) in [5.41, 5.74) is 3.17. The first-order valence-corrected chi connectivity index (χ1v) is 10.8. The smallest absolute Gasteiger partial charge is 0.303 e. The highest BCUT2D eigenvalue weighted by atomic mass is 35.5. The van der Waals surface area contributed by atoms with Crippen molar-refractivity contribution in [1.29, 1.82) is 0 Å². The van der Waals surface area contributed by atoms with E-state index in [-0.39, 0.29) is 11.9 Å². The number of imidazole rings is 1. The molecule has 3 heterocycles. The molecule has 0 spiro atoms. The number of halogens is 1. The average Bonchev–Trinajstić information content (AvgIpc) is 3.33. The number of hydrogen-bond acceptors (Lipinski definition) is 9. The Balaban J connectivity index is 1.61. The van der Waals surface area contributed by atoms with Crippen LogP contribution in [0.3, 0.4) is 0 Å². The van der Waals surface area contributed by atoms with Gasteiger partial charge in [-0.3, -0.25) is 14.2 Å². The maximum Gasteiger partial charge on any atom is 0.303 e. The molecule has 33 heavy (non-hydrogen) atoms. The number of benzene rings is 1. The van der Waals surface area contributed by atoms with Gasteiger partial charge >= 0.3 is 11.9 Å². The highest BCUT2D eigenvalue weighted by Gasteiger charge is 2.40. The first kappa shape index (κ1) is 22.9. The lowest BCUT2D eigenvalue weighted by molar-refractivity contribution is -0.152. The molecule has 2 aromatic heterocycles. The van der Waals surface area contributed by atoms with Gasteiger partial charge in [0.1, 0.15) is 12.7 Å². The van der Waals surface area contributed by atoms with Crippen molar-refractivity contribution in [3.05, 3.63) is 47.0 Å². The molecular formula is C22H24ClN5O5. The molecule has 11 heteroatoms. The second kappa shape index (κ2) is 9.72. The van der Waals surface area contributed by atoms with Gasteiger partial charge < -0.3 is 19.5 Å². The molecule has 4 rings (SSSR count). The molecule has 1 aliphatic rings. The summed E-state index contributed by atoms with van der Waals surface area (Å²) >= 11 is 6.21.